The van der Waals surface area contributed by atoms with E-state index in [1.807, 2.05) is 13.8 Å². The van der Waals surface area contributed by atoms with Gasteiger partial charge in [-0.05, 0) is 32.9 Å². The average molecular weight is 359 g/mol. The second-order valence-corrected chi connectivity index (χ2v) is 6.58. The fourth-order valence-electron chi connectivity index (χ4n) is 2.48. The van der Waals surface area contributed by atoms with Gasteiger partial charge < -0.3 is 13.9 Å². The zero-order chi connectivity index (χ0) is 18.0. The van der Waals surface area contributed by atoms with Gasteiger partial charge in [-0.25, -0.2) is 9.78 Å². The highest BCUT2D eigenvalue weighted by Crippen LogP contribution is 2.29. The molecule has 0 aliphatic heterocycles. The number of carbonyl (C=O) groups excluding carboxylic acids is 1. The Morgan fingerprint density at radius 1 is 1.32 bits per heavy atom. The van der Waals surface area contributed by atoms with E-state index in [1.54, 1.807) is 25.1 Å². The Balaban J connectivity index is 1.93. The number of hydrogen-bond acceptors (Lipinski definition) is 7. The molecule has 2 heterocycles. The van der Waals surface area contributed by atoms with Crippen molar-refractivity contribution >= 4 is 28.3 Å². The summed E-state index contributed by atoms with van der Waals surface area (Å²) in [5.74, 6) is -0.0169. The van der Waals surface area contributed by atoms with Crippen LogP contribution in [-0.2, 0) is 9.53 Å². The highest BCUT2D eigenvalue weighted by molar-refractivity contribution is 7.15. The van der Waals surface area contributed by atoms with Crippen LogP contribution < -0.4 is 10.2 Å². The van der Waals surface area contributed by atoms with E-state index in [2.05, 4.69) is 4.98 Å². The highest BCUT2D eigenvalue weighted by atomic mass is 32.1. The first-order chi connectivity index (χ1) is 12.0. The number of aryl methyl sites for hydroxylation is 2. The molecule has 2 aromatic heterocycles. The lowest BCUT2D eigenvalue weighted by molar-refractivity contribution is -0.145. The zero-order valence-corrected chi connectivity index (χ0v) is 14.9. The van der Waals surface area contributed by atoms with E-state index in [4.69, 9.17) is 13.9 Å². The monoisotopic (exact) mass is 359 g/mol. The zero-order valence-electron chi connectivity index (χ0n) is 14.1. The van der Waals surface area contributed by atoms with Crippen LogP contribution in [0.5, 0.6) is 5.75 Å². The molecule has 3 rings (SSSR count). The minimum absolute atomic E-state index is 0.120. The van der Waals surface area contributed by atoms with Crippen LogP contribution in [0.4, 0.5) is 0 Å². The van der Waals surface area contributed by atoms with Gasteiger partial charge in [0.2, 0.25) is 5.43 Å². The second kappa shape index (κ2) is 7.06. The number of rotatable bonds is 5. The van der Waals surface area contributed by atoms with Crippen molar-refractivity contribution in [3.63, 3.8) is 0 Å². The molecule has 0 aliphatic rings. The van der Waals surface area contributed by atoms with Crippen LogP contribution in [0.25, 0.3) is 21.4 Å². The Bertz CT molecular complexity index is 989. The number of thiazole rings is 1. The summed E-state index contributed by atoms with van der Waals surface area (Å²) in [4.78, 5) is 29.3. The summed E-state index contributed by atoms with van der Waals surface area (Å²) in [6, 6.07) is 4.85. The SMILES string of the molecule is CCOC(=O)COc1ccc2c(=O)c(-c3sc(C)nc3C)coc2c1. The molecule has 0 aliphatic carbocycles. The van der Waals surface area contributed by atoms with Crippen molar-refractivity contribution in [3.8, 4) is 16.2 Å². The van der Waals surface area contributed by atoms with Gasteiger partial charge in [-0.2, -0.15) is 0 Å². The second-order valence-electron chi connectivity index (χ2n) is 5.38. The minimum atomic E-state index is -0.449. The predicted octanol–water partition coefficient (Wildman–Crippen LogP) is 3.48. The normalized spacial score (nSPS) is 10.8. The topological polar surface area (TPSA) is 78.6 Å². The van der Waals surface area contributed by atoms with Crippen molar-refractivity contribution < 1.29 is 18.7 Å². The summed E-state index contributed by atoms with van der Waals surface area (Å²) in [5, 5.41) is 1.35. The van der Waals surface area contributed by atoms with Gasteiger partial charge in [0.1, 0.15) is 17.6 Å². The molecule has 0 atom stereocenters. The number of benzene rings is 1. The number of fused-ring (bicyclic) bond motifs is 1. The fourth-order valence-corrected chi connectivity index (χ4v) is 3.40. The lowest BCUT2D eigenvalue weighted by atomic mass is 10.1. The summed E-state index contributed by atoms with van der Waals surface area (Å²) in [6.07, 6.45) is 1.44. The molecule has 0 unspecified atom stereocenters. The smallest absolute Gasteiger partial charge is 0.344 e. The van der Waals surface area contributed by atoms with Gasteiger partial charge in [0.15, 0.2) is 6.61 Å². The molecule has 0 fully saturated rings. The Morgan fingerprint density at radius 2 is 2.12 bits per heavy atom. The minimum Gasteiger partial charge on any atom is -0.482 e. The maximum atomic E-state index is 12.8. The van der Waals surface area contributed by atoms with Crippen molar-refractivity contribution in [1.29, 1.82) is 0 Å². The summed E-state index contributed by atoms with van der Waals surface area (Å²) in [5.41, 5.74) is 1.58. The van der Waals surface area contributed by atoms with Gasteiger partial charge in [0.05, 0.1) is 33.1 Å². The third kappa shape index (κ3) is 3.56. The van der Waals surface area contributed by atoms with Crippen molar-refractivity contribution in [3.05, 3.63) is 45.4 Å². The molecule has 6 nitrogen and oxygen atoms in total. The summed E-state index contributed by atoms with van der Waals surface area (Å²) in [6.45, 7) is 5.60. The molecular formula is C18H17NO5S. The average Bonchev–Trinajstić information content (AvgIpc) is 2.92. The first-order valence-corrected chi connectivity index (χ1v) is 8.59. The Kier molecular flexibility index (Phi) is 4.85. The first-order valence-electron chi connectivity index (χ1n) is 7.78. The summed E-state index contributed by atoms with van der Waals surface area (Å²) in [7, 11) is 0. The number of aromatic nitrogens is 1. The van der Waals surface area contributed by atoms with Gasteiger partial charge in [-0.1, -0.05) is 0 Å². The Labute approximate surface area is 148 Å². The molecule has 7 heteroatoms. The third-order valence-corrected chi connectivity index (χ3v) is 4.66. The van der Waals surface area contributed by atoms with Gasteiger partial charge in [-0.15, -0.1) is 11.3 Å². The van der Waals surface area contributed by atoms with E-state index in [0.29, 0.717) is 28.9 Å². The molecule has 0 radical (unpaired) electrons. The fraction of sp³-hybridized carbons (Fsp3) is 0.278. The molecule has 0 bridgehead atoms. The molecule has 130 valence electrons. The van der Waals surface area contributed by atoms with Crippen LogP contribution in [0, 0.1) is 13.8 Å². The summed E-state index contributed by atoms with van der Waals surface area (Å²) < 4.78 is 15.8. The van der Waals surface area contributed by atoms with Crippen LogP contribution >= 0.6 is 11.3 Å². The number of carbonyl (C=O) groups is 1. The first kappa shape index (κ1) is 17.2. The van der Waals surface area contributed by atoms with Crippen molar-refractivity contribution in [2.75, 3.05) is 13.2 Å². The molecule has 1 aromatic carbocycles. The van der Waals surface area contributed by atoms with Crippen molar-refractivity contribution in [2.45, 2.75) is 20.8 Å². The maximum absolute atomic E-state index is 12.8. The molecular weight excluding hydrogens is 342 g/mol. The van der Waals surface area contributed by atoms with E-state index in [0.717, 1.165) is 15.6 Å². The molecule has 0 saturated heterocycles. The number of ether oxygens (including phenoxy) is 2. The number of esters is 1. The Hall–Kier alpha value is -2.67. The van der Waals surface area contributed by atoms with Gasteiger partial charge in [0, 0.05) is 6.07 Å². The quantitative estimate of drug-likeness (QED) is 0.649. The number of hydrogen-bond donors (Lipinski definition) is 0. The molecule has 0 spiro atoms. The van der Waals surface area contributed by atoms with Gasteiger partial charge in [-0.3, -0.25) is 4.79 Å². The summed E-state index contributed by atoms with van der Waals surface area (Å²) >= 11 is 1.46. The van der Waals surface area contributed by atoms with Crippen LogP contribution in [-0.4, -0.2) is 24.2 Å². The molecule has 25 heavy (non-hydrogen) atoms. The lowest BCUT2D eigenvalue weighted by Crippen LogP contribution is -2.14. The van der Waals surface area contributed by atoms with Crippen LogP contribution in [0.3, 0.4) is 0 Å². The lowest BCUT2D eigenvalue weighted by Gasteiger charge is -2.07. The van der Waals surface area contributed by atoms with E-state index in [1.165, 1.54) is 17.6 Å². The van der Waals surface area contributed by atoms with Crippen LogP contribution in [0.15, 0.2) is 33.7 Å². The third-order valence-electron chi connectivity index (χ3n) is 3.56. The number of nitrogens with zero attached hydrogens (tertiary/aromatic N) is 1. The van der Waals surface area contributed by atoms with Crippen molar-refractivity contribution in [1.82, 2.24) is 4.98 Å². The van der Waals surface area contributed by atoms with E-state index in [-0.39, 0.29) is 12.0 Å². The van der Waals surface area contributed by atoms with Crippen molar-refractivity contribution in [2.24, 2.45) is 0 Å². The predicted molar refractivity (Wildman–Crippen MR) is 95.2 cm³/mol. The largest absolute Gasteiger partial charge is 0.482 e. The van der Waals surface area contributed by atoms with E-state index < -0.39 is 5.97 Å². The van der Waals surface area contributed by atoms with E-state index in [9.17, 15) is 9.59 Å². The Morgan fingerprint density at radius 3 is 2.80 bits per heavy atom. The van der Waals surface area contributed by atoms with Gasteiger partial charge >= 0.3 is 5.97 Å². The standard InChI is InChI=1S/C18H17NO5S/c1-4-22-16(20)9-23-12-5-6-13-15(7-12)24-8-14(17(13)21)18-10(2)19-11(3)25-18/h5-8H,4,9H2,1-3H3. The molecule has 0 amide bonds. The molecule has 0 saturated carbocycles. The van der Waals surface area contributed by atoms with E-state index >= 15 is 0 Å². The maximum Gasteiger partial charge on any atom is 0.344 e. The highest BCUT2D eigenvalue weighted by Gasteiger charge is 2.15. The molecule has 3 aromatic rings. The van der Waals surface area contributed by atoms with Crippen LogP contribution in [0.2, 0.25) is 0 Å². The van der Waals surface area contributed by atoms with Crippen LogP contribution in [0.1, 0.15) is 17.6 Å². The molecule has 0 N–H and O–H groups in total. The van der Waals surface area contributed by atoms with Gasteiger partial charge in [0.25, 0.3) is 0 Å².